The van der Waals surface area contributed by atoms with Crippen LogP contribution in [0, 0.1) is 0 Å². The van der Waals surface area contributed by atoms with E-state index in [2.05, 4.69) is 35.1 Å². The number of hydrogen-bond acceptors (Lipinski definition) is 4. The quantitative estimate of drug-likeness (QED) is 0.901. The van der Waals surface area contributed by atoms with Crippen molar-refractivity contribution in [3.8, 4) is 0 Å². The maximum Gasteiger partial charge on any atom is 0.240 e. The highest BCUT2D eigenvalue weighted by atomic mass is 16.5. The van der Waals surface area contributed by atoms with Gasteiger partial charge >= 0.3 is 0 Å². The topological polar surface area (TPSA) is 68.2 Å². The van der Waals surface area contributed by atoms with Gasteiger partial charge in [-0.2, -0.15) is 0 Å². The van der Waals surface area contributed by atoms with E-state index < -0.39 is 0 Å². The number of amides is 1. The SMILES string of the molecule is CC(NC(=O)[C@H]1NCCO[C@@H]1C)c1nc2ccccc2n1C(C)C. The number of para-hydroxylation sites is 2. The molecule has 1 saturated heterocycles. The summed E-state index contributed by atoms with van der Waals surface area (Å²) in [6.07, 6.45) is -0.130. The van der Waals surface area contributed by atoms with E-state index in [9.17, 15) is 4.79 Å². The van der Waals surface area contributed by atoms with Gasteiger partial charge < -0.3 is 19.9 Å². The lowest BCUT2D eigenvalue weighted by atomic mass is 10.1. The maximum atomic E-state index is 12.6. The van der Waals surface area contributed by atoms with Crippen molar-refractivity contribution < 1.29 is 9.53 Å². The summed E-state index contributed by atoms with van der Waals surface area (Å²) in [5, 5.41) is 6.31. The number of morpholine rings is 1. The minimum absolute atomic E-state index is 0.0444. The van der Waals surface area contributed by atoms with E-state index in [0.717, 1.165) is 16.9 Å². The van der Waals surface area contributed by atoms with Crippen molar-refractivity contribution in [1.82, 2.24) is 20.2 Å². The Morgan fingerprint density at radius 1 is 1.38 bits per heavy atom. The molecular formula is C18H26N4O2. The zero-order chi connectivity index (χ0) is 17.3. The number of nitrogens with one attached hydrogen (secondary N) is 2. The van der Waals surface area contributed by atoms with Crippen LogP contribution in [0.4, 0.5) is 0 Å². The zero-order valence-corrected chi connectivity index (χ0v) is 14.7. The number of imidazole rings is 1. The summed E-state index contributed by atoms with van der Waals surface area (Å²) < 4.78 is 7.75. The van der Waals surface area contributed by atoms with Crippen LogP contribution in [0.3, 0.4) is 0 Å². The fourth-order valence-electron chi connectivity index (χ4n) is 3.31. The third-order valence-electron chi connectivity index (χ3n) is 4.48. The van der Waals surface area contributed by atoms with Crippen molar-refractivity contribution in [2.75, 3.05) is 13.2 Å². The van der Waals surface area contributed by atoms with Crippen LogP contribution in [0.1, 0.15) is 45.6 Å². The van der Waals surface area contributed by atoms with Gasteiger partial charge in [0.25, 0.3) is 0 Å². The van der Waals surface area contributed by atoms with Crippen LogP contribution in [-0.4, -0.2) is 40.8 Å². The van der Waals surface area contributed by atoms with Crippen LogP contribution < -0.4 is 10.6 Å². The second-order valence-corrected chi connectivity index (χ2v) is 6.66. The minimum atomic E-state index is -0.321. The number of hydrogen-bond donors (Lipinski definition) is 2. The first kappa shape index (κ1) is 16.9. The molecule has 0 spiro atoms. The standard InChI is InChI=1S/C18H26N4O2/c1-11(2)22-15-8-6-5-7-14(15)21-17(22)12(3)20-18(23)16-13(4)24-10-9-19-16/h5-8,11-13,16,19H,9-10H2,1-4H3,(H,20,23)/t12?,13-,16+/m1/s1. The number of aromatic nitrogens is 2. The molecule has 3 rings (SSSR count). The predicted molar refractivity (Wildman–Crippen MR) is 93.9 cm³/mol. The molecule has 0 bridgehead atoms. The van der Waals surface area contributed by atoms with Gasteiger partial charge in [0.2, 0.25) is 5.91 Å². The molecule has 0 aliphatic carbocycles. The molecule has 1 aliphatic rings. The highest BCUT2D eigenvalue weighted by molar-refractivity contribution is 5.83. The lowest BCUT2D eigenvalue weighted by molar-refractivity contribution is -0.129. The molecule has 2 aromatic rings. The van der Waals surface area contributed by atoms with Crippen LogP contribution >= 0.6 is 0 Å². The Morgan fingerprint density at radius 2 is 2.12 bits per heavy atom. The molecule has 0 radical (unpaired) electrons. The van der Waals surface area contributed by atoms with Crippen molar-refractivity contribution >= 4 is 16.9 Å². The summed E-state index contributed by atoms with van der Waals surface area (Å²) in [4.78, 5) is 17.3. The van der Waals surface area contributed by atoms with Crippen LogP contribution in [0.25, 0.3) is 11.0 Å². The number of carbonyl (C=O) groups is 1. The Kier molecular flexibility index (Phi) is 4.87. The van der Waals surface area contributed by atoms with Crippen LogP contribution in [0.2, 0.25) is 0 Å². The molecule has 0 saturated carbocycles. The van der Waals surface area contributed by atoms with Gasteiger partial charge in [-0.25, -0.2) is 4.98 Å². The van der Waals surface area contributed by atoms with Gasteiger partial charge in [-0.1, -0.05) is 12.1 Å². The van der Waals surface area contributed by atoms with Crippen LogP contribution in [-0.2, 0) is 9.53 Å². The summed E-state index contributed by atoms with van der Waals surface area (Å²) >= 11 is 0. The molecule has 1 aliphatic heterocycles. The second-order valence-electron chi connectivity index (χ2n) is 6.66. The van der Waals surface area contributed by atoms with Gasteiger partial charge in [0, 0.05) is 12.6 Å². The van der Waals surface area contributed by atoms with Gasteiger partial charge in [-0.05, 0) is 39.8 Å². The van der Waals surface area contributed by atoms with E-state index in [1.54, 1.807) is 0 Å². The molecule has 24 heavy (non-hydrogen) atoms. The van der Waals surface area contributed by atoms with Gasteiger partial charge in [0.15, 0.2) is 0 Å². The fraction of sp³-hybridized carbons (Fsp3) is 0.556. The van der Waals surface area contributed by atoms with E-state index in [1.165, 1.54) is 0 Å². The Balaban J connectivity index is 1.84. The second kappa shape index (κ2) is 6.91. The average molecular weight is 330 g/mol. The first-order valence-corrected chi connectivity index (χ1v) is 8.61. The Morgan fingerprint density at radius 3 is 2.83 bits per heavy atom. The molecule has 2 N–H and O–H groups in total. The number of benzene rings is 1. The van der Waals surface area contributed by atoms with E-state index in [-0.39, 0.29) is 30.1 Å². The van der Waals surface area contributed by atoms with Gasteiger partial charge in [0.1, 0.15) is 11.9 Å². The molecule has 1 aromatic carbocycles. The number of fused-ring (bicyclic) bond motifs is 1. The third kappa shape index (κ3) is 3.16. The van der Waals surface area contributed by atoms with Gasteiger partial charge in [-0.3, -0.25) is 4.79 Å². The molecular weight excluding hydrogens is 304 g/mol. The van der Waals surface area contributed by atoms with Crippen LogP contribution in [0.5, 0.6) is 0 Å². The highest BCUT2D eigenvalue weighted by Gasteiger charge is 2.30. The largest absolute Gasteiger partial charge is 0.375 e. The molecule has 1 fully saturated rings. The Hall–Kier alpha value is -1.92. The van der Waals surface area contributed by atoms with Gasteiger partial charge in [0.05, 0.1) is 29.8 Å². The lowest BCUT2D eigenvalue weighted by Crippen LogP contribution is -2.55. The van der Waals surface area contributed by atoms with Crippen molar-refractivity contribution in [3.05, 3.63) is 30.1 Å². The predicted octanol–water partition coefficient (Wildman–Crippen LogP) is 2.17. The maximum absolute atomic E-state index is 12.6. The summed E-state index contributed by atoms with van der Waals surface area (Å²) in [6, 6.07) is 7.84. The molecule has 1 aromatic heterocycles. The Labute approximate surface area is 142 Å². The van der Waals surface area contributed by atoms with E-state index >= 15 is 0 Å². The molecule has 1 unspecified atom stereocenters. The smallest absolute Gasteiger partial charge is 0.240 e. The van der Waals surface area contributed by atoms with E-state index in [4.69, 9.17) is 9.72 Å². The van der Waals surface area contributed by atoms with Crippen molar-refractivity contribution in [3.63, 3.8) is 0 Å². The van der Waals surface area contributed by atoms with Crippen molar-refractivity contribution in [1.29, 1.82) is 0 Å². The number of carbonyl (C=O) groups excluding carboxylic acids is 1. The molecule has 2 heterocycles. The first-order valence-electron chi connectivity index (χ1n) is 8.61. The van der Waals surface area contributed by atoms with Crippen LogP contribution in [0.15, 0.2) is 24.3 Å². The fourth-order valence-corrected chi connectivity index (χ4v) is 3.31. The van der Waals surface area contributed by atoms with E-state index in [0.29, 0.717) is 13.2 Å². The zero-order valence-electron chi connectivity index (χ0n) is 14.7. The molecule has 6 nitrogen and oxygen atoms in total. The third-order valence-corrected chi connectivity index (χ3v) is 4.48. The highest BCUT2D eigenvalue weighted by Crippen LogP contribution is 2.25. The number of ether oxygens (including phenoxy) is 1. The number of rotatable bonds is 4. The van der Waals surface area contributed by atoms with Gasteiger partial charge in [-0.15, -0.1) is 0 Å². The minimum Gasteiger partial charge on any atom is -0.375 e. The molecule has 6 heteroatoms. The molecule has 1 amide bonds. The van der Waals surface area contributed by atoms with Crippen molar-refractivity contribution in [2.24, 2.45) is 0 Å². The van der Waals surface area contributed by atoms with Crippen molar-refractivity contribution in [2.45, 2.75) is 51.9 Å². The average Bonchev–Trinajstić information content (AvgIpc) is 2.95. The summed E-state index contributed by atoms with van der Waals surface area (Å²) in [5.41, 5.74) is 2.05. The summed E-state index contributed by atoms with van der Waals surface area (Å²) in [5.74, 6) is 0.834. The lowest BCUT2D eigenvalue weighted by Gasteiger charge is -2.30. The first-order chi connectivity index (χ1) is 11.5. The number of nitrogens with zero attached hydrogens (tertiary/aromatic N) is 2. The monoisotopic (exact) mass is 330 g/mol. The molecule has 130 valence electrons. The van der Waals surface area contributed by atoms with E-state index in [1.807, 2.05) is 32.0 Å². The Bertz CT molecular complexity index is 725. The summed E-state index contributed by atoms with van der Waals surface area (Å²) in [6.45, 7) is 9.50. The molecule has 3 atom stereocenters. The summed E-state index contributed by atoms with van der Waals surface area (Å²) in [7, 11) is 0. The normalized spacial score (nSPS) is 22.7.